The number of fused-ring (bicyclic) bond motifs is 1. The van der Waals surface area contributed by atoms with E-state index in [2.05, 4.69) is 23.9 Å². The van der Waals surface area contributed by atoms with Crippen LogP contribution in [0.4, 0.5) is 4.39 Å². The first-order chi connectivity index (χ1) is 9.15. The molecule has 4 nitrogen and oxygen atoms in total. The predicted molar refractivity (Wildman–Crippen MR) is 71.4 cm³/mol. The van der Waals surface area contributed by atoms with Gasteiger partial charge in [-0.25, -0.2) is 14.1 Å². The van der Waals surface area contributed by atoms with Gasteiger partial charge in [-0.2, -0.15) is 5.10 Å². The van der Waals surface area contributed by atoms with E-state index in [1.54, 1.807) is 18.5 Å². The number of hydrogen-bond acceptors (Lipinski definition) is 2. The zero-order chi connectivity index (χ0) is 13.4. The number of rotatable bonds is 3. The smallest absolute Gasteiger partial charge is 0.147 e. The van der Waals surface area contributed by atoms with Gasteiger partial charge in [0.25, 0.3) is 0 Å². The Kier molecular flexibility index (Phi) is 2.81. The number of benzene rings is 1. The van der Waals surface area contributed by atoms with Gasteiger partial charge in [-0.1, -0.05) is 0 Å². The third-order valence-corrected chi connectivity index (χ3v) is 3.18. The Labute approximate surface area is 110 Å². The second-order valence-corrected chi connectivity index (χ2v) is 4.86. The zero-order valence-corrected chi connectivity index (χ0v) is 10.9. The van der Waals surface area contributed by atoms with Crippen molar-refractivity contribution in [2.24, 2.45) is 0 Å². The predicted octanol–water partition coefficient (Wildman–Crippen LogP) is 3.00. The lowest BCUT2D eigenvalue weighted by atomic mass is 10.2. The first kappa shape index (κ1) is 11.9. The van der Waals surface area contributed by atoms with Crippen LogP contribution in [-0.2, 0) is 6.54 Å². The molecular formula is C14H15FN4. The van der Waals surface area contributed by atoms with E-state index in [9.17, 15) is 4.39 Å². The lowest BCUT2D eigenvalue weighted by Crippen LogP contribution is -2.11. The number of nitrogens with zero attached hydrogens (tertiary/aromatic N) is 4. The van der Waals surface area contributed by atoms with E-state index in [1.165, 1.54) is 6.07 Å². The van der Waals surface area contributed by atoms with Crippen LogP contribution in [0.2, 0.25) is 0 Å². The maximum absolute atomic E-state index is 13.3. The third kappa shape index (κ3) is 2.12. The van der Waals surface area contributed by atoms with Crippen LogP contribution < -0.4 is 0 Å². The summed E-state index contributed by atoms with van der Waals surface area (Å²) in [7, 11) is 0. The van der Waals surface area contributed by atoms with E-state index in [4.69, 9.17) is 0 Å². The molecule has 0 aliphatic carbocycles. The van der Waals surface area contributed by atoms with Crippen molar-refractivity contribution in [2.45, 2.75) is 26.4 Å². The molecule has 0 saturated carbocycles. The normalized spacial score (nSPS) is 11.6. The van der Waals surface area contributed by atoms with Crippen LogP contribution in [0, 0.1) is 5.82 Å². The Hall–Kier alpha value is -2.17. The minimum absolute atomic E-state index is 0.224. The van der Waals surface area contributed by atoms with Crippen LogP contribution in [0.25, 0.3) is 10.9 Å². The minimum atomic E-state index is -0.224. The van der Waals surface area contributed by atoms with E-state index >= 15 is 0 Å². The summed E-state index contributed by atoms with van der Waals surface area (Å²) in [6.45, 7) is 4.71. The van der Waals surface area contributed by atoms with Crippen LogP contribution in [0.3, 0.4) is 0 Å². The van der Waals surface area contributed by atoms with Crippen molar-refractivity contribution in [3.05, 3.63) is 48.4 Å². The lowest BCUT2D eigenvalue weighted by molar-refractivity contribution is 0.498. The average Bonchev–Trinajstić information content (AvgIpc) is 2.97. The Morgan fingerprint density at radius 3 is 2.89 bits per heavy atom. The molecule has 0 atom stereocenters. The van der Waals surface area contributed by atoms with Gasteiger partial charge in [0.1, 0.15) is 18.0 Å². The van der Waals surface area contributed by atoms with Gasteiger partial charge in [-0.3, -0.25) is 0 Å². The van der Waals surface area contributed by atoms with Crippen molar-refractivity contribution < 1.29 is 4.39 Å². The van der Waals surface area contributed by atoms with Gasteiger partial charge in [0, 0.05) is 12.2 Å². The molecular weight excluding hydrogens is 243 g/mol. The lowest BCUT2D eigenvalue weighted by Gasteiger charge is -2.10. The molecule has 19 heavy (non-hydrogen) atoms. The fourth-order valence-corrected chi connectivity index (χ4v) is 2.27. The van der Waals surface area contributed by atoms with Gasteiger partial charge in [-0.05, 0) is 43.5 Å². The molecule has 3 aromatic rings. The maximum Gasteiger partial charge on any atom is 0.147 e. The monoisotopic (exact) mass is 258 g/mol. The Balaban J connectivity index is 2.01. The fourth-order valence-electron chi connectivity index (χ4n) is 2.27. The second-order valence-electron chi connectivity index (χ2n) is 4.86. The molecule has 5 heteroatoms. The summed E-state index contributed by atoms with van der Waals surface area (Å²) in [5.41, 5.74) is 0.873. The largest absolute Gasteiger partial charge is 0.340 e. The number of aromatic nitrogens is 4. The van der Waals surface area contributed by atoms with E-state index in [0.717, 1.165) is 16.7 Å². The van der Waals surface area contributed by atoms with E-state index < -0.39 is 0 Å². The summed E-state index contributed by atoms with van der Waals surface area (Å²) in [5.74, 6) is 0.648. The molecule has 2 aromatic heterocycles. The maximum atomic E-state index is 13.3. The SMILES string of the molecule is CC(C)n1ncnc1Cn1ccc2ccc(F)cc21. The molecule has 98 valence electrons. The fraction of sp³-hybridized carbons (Fsp3) is 0.286. The Morgan fingerprint density at radius 1 is 1.26 bits per heavy atom. The molecule has 3 rings (SSSR count). The summed E-state index contributed by atoms with van der Waals surface area (Å²) in [6.07, 6.45) is 3.51. The Bertz CT molecular complexity index is 711. The van der Waals surface area contributed by atoms with Crippen LogP contribution >= 0.6 is 0 Å². The average molecular weight is 258 g/mol. The molecule has 0 fully saturated rings. The van der Waals surface area contributed by atoms with Gasteiger partial charge in [0.2, 0.25) is 0 Å². The van der Waals surface area contributed by atoms with E-state index in [0.29, 0.717) is 6.54 Å². The molecule has 2 heterocycles. The first-order valence-corrected chi connectivity index (χ1v) is 6.28. The van der Waals surface area contributed by atoms with Gasteiger partial charge >= 0.3 is 0 Å². The Morgan fingerprint density at radius 2 is 2.11 bits per heavy atom. The van der Waals surface area contributed by atoms with Gasteiger partial charge in [0.15, 0.2) is 0 Å². The van der Waals surface area contributed by atoms with Crippen molar-refractivity contribution in [1.82, 2.24) is 19.3 Å². The van der Waals surface area contributed by atoms with Crippen LogP contribution in [0.1, 0.15) is 25.7 Å². The quantitative estimate of drug-likeness (QED) is 0.724. The summed E-state index contributed by atoms with van der Waals surface area (Å²) >= 11 is 0. The molecule has 0 amide bonds. The highest BCUT2D eigenvalue weighted by Gasteiger charge is 2.10. The number of halogens is 1. The highest BCUT2D eigenvalue weighted by molar-refractivity contribution is 5.80. The van der Waals surface area contributed by atoms with Crippen molar-refractivity contribution in [1.29, 1.82) is 0 Å². The standard InChI is InChI=1S/C14H15FN4/c1-10(2)19-14(16-9-17-19)8-18-6-5-11-3-4-12(15)7-13(11)18/h3-7,9-10H,8H2,1-2H3. The van der Waals surface area contributed by atoms with E-state index in [-0.39, 0.29) is 11.9 Å². The van der Waals surface area contributed by atoms with Crippen LogP contribution in [0.5, 0.6) is 0 Å². The molecule has 1 aromatic carbocycles. The van der Waals surface area contributed by atoms with E-state index in [1.807, 2.05) is 21.5 Å². The van der Waals surface area contributed by atoms with Crippen molar-refractivity contribution >= 4 is 10.9 Å². The van der Waals surface area contributed by atoms with Crippen LogP contribution in [-0.4, -0.2) is 19.3 Å². The molecule has 0 aliphatic heterocycles. The van der Waals surface area contributed by atoms with Gasteiger partial charge in [-0.15, -0.1) is 0 Å². The molecule has 0 unspecified atom stereocenters. The molecule has 0 bridgehead atoms. The molecule has 0 aliphatic rings. The van der Waals surface area contributed by atoms with Crippen molar-refractivity contribution in [2.75, 3.05) is 0 Å². The summed E-state index contributed by atoms with van der Waals surface area (Å²) in [6, 6.07) is 7.05. The minimum Gasteiger partial charge on any atom is -0.340 e. The van der Waals surface area contributed by atoms with Crippen molar-refractivity contribution in [3.63, 3.8) is 0 Å². The second kappa shape index (κ2) is 4.50. The van der Waals surface area contributed by atoms with Gasteiger partial charge < -0.3 is 4.57 Å². The molecule has 0 radical (unpaired) electrons. The molecule has 0 spiro atoms. The van der Waals surface area contributed by atoms with Crippen LogP contribution in [0.15, 0.2) is 36.8 Å². The number of hydrogen-bond donors (Lipinski definition) is 0. The topological polar surface area (TPSA) is 35.6 Å². The summed E-state index contributed by atoms with van der Waals surface area (Å²) in [4.78, 5) is 4.28. The molecule has 0 saturated heterocycles. The summed E-state index contributed by atoms with van der Waals surface area (Å²) < 4.78 is 17.2. The highest BCUT2D eigenvalue weighted by atomic mass is 19.1. The first-order valence-electron chi connectivity index (χ1n) is 6.28. The zero-order valence-electron chi connectivity index (χ0n) is 10.9. The molecule has 0 N–H and O–H groups in total. The third-order valence-electron chi connectivity index (χ3n) is 3.18. The summed E-state index contributed by atoms with van der Waals surface area (Å²) in [5, 5.41) is 5.24. The highest BCUT2D eigenvalue weighted by Crippen LogP contribution is 2.18. The van der Waals surface area contributed by atoms with Crippen molar-refractivity contribution in [3.8, 4) is 0 Å². The van der Waals surface area contributed by atoms with Gasteiger partial charge in [0.05, 0.1) is 12.1 Å².